The van der Waals surface area contributed by atoms with Gasteiger partial charge in [0.1, 0.15) is 5.00 Å². The fourth-order valence-electron chi connectivity index (χ4n) is 2.94. The Balaban J connectivity index is 0.00000208. The first-order chi connectivity index (χ1) is 11.0. The molecule has 1 aliphatic rings. The lowest BCUT2D eigenvalue weighted by Gasteiger charge is -2.27. The summed E-state index contributed by atoms with van der Waals surface area (Å²) in [6, 6.07) is 10.3. The number of hydrogen-bond donors (Lipinski definition) is 2. The second-order valence-corrected chi connectivity index (χ2v) is 6.80. The lowest BCUT2D eigenvalue weighted by Crippen LogP contribution is -2.30. The van der Waals surface area contributed by atoms with Gasteiger partial charge in [0.25, 0.3) is 5.91 Å². The summed E-state index contributed by atoms with van der Waals surface area (Å²) in [5.74, 6) is -0.657. The molecule has 0 spiro atoms. The van der Waals surface area contributed by atoms with E-state index in [1.165, 1.54) is 23.8 Å². The highest BCUT2D eigenvalue weighted by Gasteiger charge is 2.27. The van der Waals surface area contributed by atoms with Crippen LogP contribution in [0.15, 0.2) is 30.3 Å². The number of halogens is 1. The number of carbonyl (C=O) groups excluding carboxylic acids is 2. The van der Waals surface area contributed by atoms with Crippen molar-refractivity contribution in [2.75, 3.05) is 11.9 Å². The third-order valence-corrected chi connectivity index (χ3v) is 5.05. The molecular weight excluding hydrogens is 346 g/mol. The van der Waals surface area contributed by atoms with E-state index in [0.717, 1.165) is 36.5 Å². The van der Waals surface area contributed by atoms with Gasteiger partial charge in [0, 0.05) is 31.4 Å². The molecule has 1 aliphatic heterocycles. The Morgan fingerprint density at radius 1 is 1.29 bits per heavy atom. The first-order valence-corrected chi connectivity index (χ1v) is 8.34. The van der Waals surface area contributed by atoms with E-state index >= 15 is 0 Å². The Hall–Kier alpha value is -1.89. The molecule has 7 heteroatoms. The topological polar surface area (TPSA) is 75.4 Å². The Bertz CT molecular complexity index is 746. The van der Waals surface area contributed by atoms with Gasteiger partial charge in [-0.25, -0.2) is 0 Å². The van der Waals surface area contributed by atoms with E-state index in [4.69, 9.17) is 5.73 Å². The summed E-state index contributed by atoms with van der Waals surface area (Å²) < 4.78 is 0. The molecule has 0 saturated heterocycles. The minimum atomic E-state index is -0.470. The number of anilines is 1. The summed E-state index contributed by atoms with van der Waals surface area (Å²) in [5.41, 5.74) is 8.27. The number of amides is 2. The number of fused-ring (bicyclic) bond motifs is 1. The molecule has 128 valence electrons. The highest BCUT2D eigenvalue weighted by Crippen LogP contribution is 2.37. The van der Waals surface area contributed by atoms with Gasteiger partial charge in [-0.2, -0.15) is 0 Å². The van der Waals surface area contributed by atoms with Gasteiger partial charge in [-0.3, -0.25) is 14.5 Å². The van der Waals surface area contributed by atoms with Crippen molar-refractivity contribution in [2.45, 2.75) is 26.4 Å². The SMILES string of the molecule is CC(=O)Nc1sc2c(c1C(N)=O)CCN(Cc1ccccc1)C2.Cl. The van der Waals surface area contributed by atoms with Gasteiger partial charge in [-0.05, 0) is 17.5 Å². The smallest absolute Gasteiger partial charge is 0.251 e. The van der Waals surface area contributed by atoms with Gasteiger partial charge in [0.15, 0.2) is 0 Å². The number of rotatable bonds is 4. The lowest BCUT2D eigenvalue weighted by molar-refractivity contribution is -0.114. The predicted molar refractivity (Wildman–Crippen MR) is 98.6 cm³/mol. The normalized spacial score (nSPS) is 13.7. The highest BCUT2D eigenvalue weighted by atomic mass is 35.5. The van der Waals surface area contributed by atoms with Crippen LogP contribution >= 0.6 is 23.7 Å². The van der Waals surface area contributed by atoms with Crippen LogP contribution in [-0.2, 0) is 24.3 Å². The molecule has 24 heavy (non-hydrogen) atoms. The molecule has 0 bridgehead atoms. The molecule has 1 aromatic heterocycles. The van der Waals surface area contributed by atoms with Crippen molar-refractivity contribution in [3.05, 3.63) is 51.9 Å². The maximum absolute atomic E-state index is 11.8. The van der Waals surface area contributed by atoms with E-state index in [-0.39, 0.29) is 18.3 Å². The van der Waals surface area contributed by atoms with Crippen LogP contribution in [0, 0.1) is 0 Å². The van der Waals surface area contributed by atoms with Crippen molar-refractivity contribution >= 4 is 40.6 Å². The highest BCUT2D eigenvalue weighted by molar-refractivity contribution is 7.17. The first-order valence-electron chi connectivity index (χ1n) is 7.53. The third kappa shape index (κ3) is 3.95. The van der Waals surface area contributed by atoms with Crippen LogP contribution < -0.4 is 11.1 Å². The number of nitrogens with zero attached hydrogens (tertiary/aromatic N) is 1. The van der Waals surface area contributed by atoms with Gasteiger partial charge >= 0.3 is 0 Å². The van der Waals surface area contributed by atoms with Crippen LogP contribution in [-0.4, -0.2) is 23.3 Å². The average molecular weight is 366 g/mol. The van der Waals surface area contributed by atoms with Crippen molar-refractivity contribution in [1.82, 2.24) is 4.90 Å². The van der Waals surface area contributed by atoms with E-state index in [9.17, 15) is 9.59 Å². The maximum atomic E-state index is 11.8. The number of nitrogens with two attached hydrogens (primary N) is 1. The third-order valence-electron chi connectivity index (χ3n) is 3.92. The molecular formula is C17H20ClN3O2S. The molecule has 2 heterocycles. The van der Waals surface area contributed by atoms with Crippen molar-refractivity contribution in [2.24, 2.45) is 5.73 Å². The monoisotopic (exact) mass is 365 g/mol. The van der Waals surface area contributed by atoms with Gasteiger partial charge in [-0.15, -0.1) is 23.7 Å². The maximum Gasteiger partial charge on any atom is 0.251 e. The molecule has 3 rings (SSSR count). The van der Waals surface area contributed by atoms with Crippen LogP contribution in [0.25, 0.3) is 0 Å². The molecule has 0 saturated carbocycles. The minimum absolute atomic E-state index is 0. The van der Waals surface area contributed by atoms with Gasteiger partial charge in [0.2, 0.25) is 5.91 Å². The van der Waals surface area contributed by atoms with E-state index in [2.05, 4.69) is 22.3 Å². The molecule has 3 N–H and O–H groups in total. The number of nitrogens with one attached hydrogen (secondary N) is 1. The number of hydrogen-bond acceptors (Lipinski definition) is 4. The van der Waals surface area contributed by atoms with E-state index in [0.29, 0.717) is 10.6 Å². The lowest BCUT2D eigenvalue weighted by atomic mass is 10.0. The molecule has 0 radical (unpaired) electrons. The zero-order chi connectivity index (χ0) is 16.4. The van der Waals surface area contributed by atoms with Gasteiger partial charge in [0.05, 0.1) is 5.56 Å². The molecule has 0 unspecified atom stereocenters. The molecule has 1 aromatic carbocycles. The van der Waals surface area contributed by atoms with Gasteiger partial charge < -0.3 is 11.1 Å². The van der Waals surface area contributed by atoms with Crippen molar-refractivity contribution in [3.63, 3.8) is 0 Å². The van der Waals surface area contributed by atoms with Gasteiger partial charge in [-0.1, -0.05) is 30.3 Å². The Kier molecular flexibility index (Phi) is 5.99. The summed E-state index contributed by atoms with van der Waals surface area (Å²) in [7, 11) is 0. The van der Waals surface area contributed by atoms with E-state index in [1.807, 2.05) is 18.2 Å². The van der Waals surface area contributed by atoms with Crippen molar-refractivity contribution in [3.8, 4) is 0 Å². The Morgan fingerprint density at radius 2 is 2.00 bits per heavy atom. The summed E-state index contributed by atoms with van der Waals surface area (Å²) in [4.78, 5) is 26.6. The Morgan fingerprint density at radius 3 is 2.62 bits per heavy atom. The number of primary amides is 1. The fourth-order valence-corrected chi connectivity index (χ4v) is 4.28. The van der Waals surface area contributed by atoms with Crippen LogP contribution in [0.4, 0.5) is 5.00 Å². The standard InChI is InChI=1S/C17H19N3O2S.ClH/c1-11(21)19-17-15(16(18)22)13-7-8-20(10-14(13)23-17)9-12-5-3-2-4-6-12;/h2-6H,7-10H2,1H3,(H2,18,22)(H,19,21);1H. The number of carbonyl (C=O) groups is 2. The van der Waals surface area contributed by atoms with Crippen LogP contribution in [0.3, 0.4) is 0 Å². The minimum Gasteiger partial charge on any atom is -0.365 e. The number of thiophene rings is 1. The molecule has 0 atom stereocenters. The largest absolute Gasteiger partial charge is 0.365 e. The van der Waals surface area contributed by atoms with E-state index in [1.54, 1.807) is 0 Å². The fraction of sp³-hybridized carbons (Fsp3) is 0.294. The quantitative estimate of drug-likeness (QED) is 0.874. The second-order valence-electron chi connectivity index (χ2n) is 5.70. The van der Waals surface area contributed by atoms with Crippen LogP contribution in [0.2, 0.25) is 0 Å². The number of benzene rings is 1. The zero-order valence-corrected chi connectivity index (χ0v) is 15.0. The first kappa shape index (κ1) is 18.4. The van der Waals surface area contributed by atoms with Crippen molar-refractivity contribution in [1.29, 1.82) is 0 Å². The van der Waals surface area contributed by atoms with Crippen molar-refractivity contribution < 1.29 is 9.59 Å². The molecule has 5 nitrogen and oxygen atoms in total. The van der Waals surface area contributed by atoms with E-state index < -0.39 is 5.91 Å². The molecule has 2 aromatic rings. The van der Waals surface area contributed by atoms with Crippen LogP contribution in [0.5, 0.6) is 0 Å². The summed E-state index contributed by atoms with van der Waals surface area (Å²) >= 11 is 1.46. The molecule has 0 fully saturated rings. The summed E-state index contributed by atoms with van der Waals surface area (Å²) in [6.07, 6.45) is 0.774. The predicted octanol–water partition coefficient (Wildman–Crippen LogP) is 2.79. The summed E-state index contributed by atoms with van der Waals surface area (Å²) in [6.45, 7) is 3.96. The second kappa shape index (κ2) is 7.79. The summed E-state index contributed by atoms with van der Waals surface area (Å²) in [5, 5.41) is 3.32. The van der Waals surface area contributed by atoms with Crippen LogP contribution in [0.1, 0.15) is 33.3 Å². The molecule has 2 amide bonds. The average Bonchev–Trinajstić information content (AvgIpc) is 2.84. The zero-order valence-electron chi connectivity index (χ0n) is 13.4. The molecule has 0 aliphatic carbocycles. The Labute approximate surface area is 151 Å².